The summed E-state index contributed by atoms with van der Waals surface area (Å²) in [6.07, 6.45) is 4.78. The molecular formula is C26H22ClNO4. The van der Waals surface area contributed by atoms with E-state index < -0.39 is 5.97 Å². The summed E-state index contributed by atoms with van der Waals surface area (Å²) in [5.74, 6) is 0.00297. The number of hydrogen-bond acceptors (Lipinski definition) is 4. The van der Waals surface area contributed by atoms with E-state index >= 15 is 0 Å². The lowest BCUT2D eigenvalue weighted by molar-refractivity contribution is -0.138. The summed E-state index contributed by atoms with van der Waals surface area (Å²) in [6.45, 7) is 0.309. The molecule has 2 heterocycles. The summed E-state index contributed by atoms with van der Waals surface area (Å²) in [5, 5.41) is 11.5. The van der Waals surface area contributed by atoms with Crippen molar-refractivity contribution in [3.05, 3.63) is 77.0 Å². The van der Waals surface area contributed by atoms with Crippen LogP contribution in [-0.4, -0.2) is 16.1 Å². The first-order valence-corrected chi connectivity index (χ1v) is 11.1. The zero-order chi connectivity index (χ0) is 22.1. The van der Waals surface area contributed by atoms with Gasteiger partial charge < -0.3 is 14.3 Å². The number of nitrogens with zero attached hydrogens (tertiary/aromatic N) is 1. The minimum Gasteiger partial charge on any atom is -0.481 e. The molecule has 1 aliphatic carbocycles. The average Bonchev–Trinajstić information content (AvgIpc) is 3.20. The molecule has 0 saturated heterocycles. The fourth-order valence-corrected chi connectivity index (χ4v) is 4.58. The van der Waals surface area contributed by atoms with Crippen LogP contribution in [0.3, 0.4) is 0 Å². The first-order valence-electron chi connectivity index (χ1n) is 10.7. The van der Waals surface area contributed by atoms with Gasteiger partial charge in [0.05, 0.1) is 10.7 Å². The van der Waals surface area contributed by atoms with E-state index in [0.717, 1.165) is 58.0 Å². The minimum atomic E-state index is -0.735. The number of allylic oxidation sites excluding steroid dienone is 2. The Bertz CT molecular complexity index is 1340. The van der Waals surface area contributed by atoms with Gasteiger partial charge in [-0.3, -0.25) is 4.79 Å². The van der Waals surface area contributed by atoms with Crippen LogP contribution in [-0.2, 0) is 11.4 Å². The molecule has 1 aliphatic rings. The fourth-order valence-electron chi connectivity index (χ4n) is 4.33. The molecule has 0 amide bonds. The Morgan fingerprint density at radius 1 is 1.16 bits per heavy atom. The molecule has 0 saturated carbocycles. The molecular weight excluding hydrogens is 426 g/mol. The monoisotopic (exact) mass is 447 g/mol. The van der Waals surface area contributed by atoms with Crippen LogP contribution in [0.2, 0.25) is 5.02 Å². The van der Waals surface area contributed by atoms with E-state index in [0.29, 0.717) is 17.5 Å². The fraction of sp³-hybridized carbons (Fsp3) is 0.231. The van der Waals surface area contributed by atoms with Crippen LogP contribution < -0.4 is 4.74 Å². The molecule has 0 bridgehead atoms. The van der Waals surface area contributed by atoms with Gasteiger partial charge in [-0.2, -0.15) is 0 Å². The van der Waals surface area contributed by atoms with Gasteiger partial charge in [0, 0.05) is 28.8 Å². The van der Waals surface area contributed by atoms with Crippen molar-refractivity contribution >= 4 is 45.1 Å². The lowest BCUT2D eigenvalue weighted by Crippen LogP contribution is -2.11. The van der Waals surface area contributed by atoms with Gasteiger partial charge in [-0.15, -0.1) is 0 Å². The quantitative estimate of drug-likeness (QED) is 0.349. The molecule has 4 aromatic rings. The Kier molecular flexibility index (Phi) is 5.58. The predicted molar refractivity (Wildman–Crippen MR) is 125 cm³/mol. The van der Waals surface area contributed by atoms with Gasteiger partial charge in [-0.05, 0) is 49.0 Å². The van der Waals surface area contributed by atoms with Crippen molar-refractivity contribution in [2.45, 2.75) is 32.3 Å². The van der Waals surface area contributed by atoms with Crippen molar-refractivity contribution in [1.29, 1.82) is 0 Å². The van der Waals surface area contributed by atoms with Gasteiger partial charge in [0.15, 0.2) is 0 Å². The number of carboxylic acids is 1. The van der Waals surface area contributed by atoms with Crippen molar-refractivity contribution in [3.63, 3.8) is 0 Å². The number of halogens is 1. The second-order valence-corrected chi connectivity index (χ2v) is 8.53. The van der Waals surface area contributed by atoms with Crippen LogP contribution in [0.5, 0.6) is 5.88 Å². The summed E-state index contributed by atoms with van der Waals surface area (Å²) in [4.78, 5) is 15.6. The van der Waals surface area contributed by atoms with Crippen LogP contribution in [0.15, 0.2) is 65.1 Å². The summed E-state index contributed by atoms with van der Waals surface area (Å²) < 4.78 is 12.1. The predicted octanol–water partition coefficient (Wildman–Crippen LogP) is 6.87. The van der Waals surface area contributed by atoms with Crippen molar-refractivity contribution in [2.24, 2.45) is 5.92 Å². The Labute approximate surface area is 190 Å². The number of furan rings is 1. The second-order valence-electron chi connectivity index (χ2n) is 8.13. The summed E-state index contributed by atoms with van der Waals surface area (Å²) in [5.41, 5.74) is 4.45. The number of carboxylic acid groups (broad SMARTS) is 1. The van der Waals surface area contributed by atoms with E-state index in [-0.39, 0.29) is 12.3 Å². The van der Waals surface area contributed by atoms with E-state index in [4.69, 9.17) is 25.9 Å². The van der Waals surface area contributed by atoms with Gasteiger partial charge in [0.25, 0.3) is 0 Å². The summed E-state index contributed by atoms with van der Waals surface area (Å²) >= 11 is 6.46. The number of carbonyl (C=O) groups is 1. The van der Waals surface area contributed by atoms with Crippen LogP contribution >= 0.6 is 11.6 Å². The molecule has 0 radical (unpaired) electrons. The third-order valence-corrected chi connectivity index (χ3v) is 6.28. The van der Waals surface area contributed by atoms with Gasteiger partial charge in [0.1, 0.15) is 17.8 Å². The normalized spacial score (nSPS) is 16.3. The van der Waals surface area contributed by atoms with Gasteiger partial charge >= 0.3 is 5.97 Å². The first kappa shape index (κ1) is 20.6. The molecule has 0 spiro atoms. The number of para-hydroxylation sites is 1. The molecule has 1 unspecified atom stereocenters. The molecule has 2 aromatic carbocycles. The molecule has 1 atom stereocenters. The van der Waals surface area contributed by atoms with Crippen LogP contribution in [0.1, 0.15) is 36.9 Å². The van der Waals surface area contributed by atoms with Gasteiger partial charge in [-0.1, -0.05) is 48.0 Å². The maximum absolute atomic E-state index is 10.9. The highest BCUT2D eigenvalue weighted by atomic mass is 35.5. The molecule has 1 N–H and O–H groups in total. The number of ether oxygens (including phenoxy) is 1. The Morgan fingerprint density at radius 3 is 2.84 bits per heavy atom. The van der Waals surface area contributed by atoms with Crippen molar-refractivity contribution in [2.75, 3.05) is 0 Å². The highest BCUT2D eigenvalue weighted by molar-refractivity contribution is 6.37. The van der Waals surface area contributed by atoms with Crippen molar-refractivity contribution in [1.82, 2.24) is 4.98 Å². The highest BCUT2D eigenvalue weighted by Crippen LogP contribution is 2.36. The number of aromatic nitrogens is 1. The Hall–Kier alpha value is -3.31. The summed E-state index contributed by atoms with van der Waals surface area (Å²) in [7, 11) is 0. The van der Waals surface area contributed by atoms with Crippen LogP contribution in [0.25, 0.3) is 27.5 Å². The number of benzene rings is 2. The average molecular weight is 448 g/mol. The van der Waals surface area contributed by atoms with E-state index in [1.807, 2.05) is 54.6 Å². The number of pyridine rings is 1. The lowest BCUT2D eigenvalue weighted by atomic mass is 9.86. The van der Waals surface area contributed by atoms with Crippen molar-refractivity contribution < 1.29 is 19.1 Å². The number of rotatable bonds is 6. The van der Waals surface area contributed by atoms with E-state index in [9.17, 15) is 4.79 Å². The molecule has 5 nitrogen and oxygen atoms in total. The number of aliphatic carboxylic acids is 1. The number of fused-ring (bicyclic) bond motifs is 3. The molecule has 0 aliphatic heterocycles. The zero-order valence-corrected chi connectivity index (χ0v) is 18.1. The standard InChI is InChI=1S/C26H22ClNO4/c27-20-13-12-18(26-25(20)19-4-1-2-6-22(19)32-26)15-31-23-7-3-5-21(28-23)17-10-8-16(9-11-17)14-24(29)30/h1-7,10,12-13,16H,8-9,11,14-15H2,(H,29,30). The Morgan fingerprint density at radius 2 is 2.03 bits per heavy atom. The van der Waals surface area contributed by atoms with Gasteiger partial charge in [-0.25, -0.2) is 4.98 Å². The van der Waals surface area contributed by atoms with Crippen LogP contribution in [0, 0.1) is 5.92 Å². The molecule has 6 heteroatoms. The van der Waals surface area contributed by atoms with E-state index in [2.05, 4.69) is 11.1 Å². The van der Waals surface area contributed by atoms with Gasteiger partial charge in [0.2, 0.25) is 5.88 Å². The highest BCUT2D eigenvalue weighted by Gasteiger charge is 2.19. The third-order valence-electron chi connectivity index (χ3n) is 5.97. The maximum Gasteiger partial charge on any atom is 0.303 e. The molecule has 5 rings (SSSR count). The molecule has 32 heavy (non-hydrogen) atoms. The maximum atomic E-state index is 10.9. The van der Waals surface area contributed by atoms with Crippen molar-refractivity contribution in [3.8, 4) is 5.88 Å². The first-order chi connectivity index (χ1) is 15.6. The topological polar surface area (TPSA) is 72.6 Å². The van der Waals surface area contributed by atoms with Crippen LogP contribution in [0.4, 0.5) is 0 Å². The Balaban J connectivity index is 1.35. The second kappa shape index (κ2) is 8.67. The lowest BCUT2D eigenvalue weighted by Gasteiger charge is -2.20. The molecule has 2 aromatic heterocycles. The summed E-state index contributed by atoms with van der Waals surface area (Å²) in [6, 6.07) is 17.4. The zero-order valence-electron chi connectivity index (χ0n) is 17.4. The third kappa shape index (κ3) is 4.08. The SMILES string of the molecule is O=C(O)CC1CC=C(c2cccc(OCc3ccc(Cl)c4c3oc3ccccc34)n2)CC1. The minimum absolute atomic E-state index is 0.201. The number of hydrogen-bond donors (Lipinski definition) is 1. The van der Waals surface area contributed by atoms with E-state index in [1.54, 1.807) is 0 Å². The van der Waals surface area contributed by atoms with E-state index in [1.165, 1.54) is 0 Å². The largest absolute Gasteiger partial charge is 0.481 e. The molecule has 162 valence electrons. The molecule has 0 fully saturated rings. The smallest absolute Gasteiger partial charge is 0.303 e.